The van der Waals surface area contributed by atoms with Gasteiger partial charge in [-0.1, -0.05) is 19.1 Å². The molecule has 0 atom stereocenters. The minimum absolute atomic E-state index is 0.228. The third kappa shape index (κ3) is 3.96. The van der Waals surface area contributed by atoms with Gasteiger partial charge in [0.15, 0.2) is 5.13 Å². The van der Waals surface area contributed by atoms with Crippen LogP contribution in [0.2, 0.25) is 0 Å². The average Bonchev–Trinajstić information content (AvgIpc) is 2.79. The van der Waals surface area contributed by atoms with Crippen LogP contribution in [0.4, 0.5) is 5.13 Å². The maximum absolute atomic E-state index is 12.3. The van der Waals surface area contributed by atoms with E-state index in [9.17, 15) is 8.42 Å². The van der Waals surface area contributed by atoms with Crippen molar-refractivity contribution in [3.63, 3.8) is 0 Å². The van der Waals surface area contributed by atoms with E-state index in [1.807, 2.05) is 13.8 Å². The lowest BCUT2D eigenvalue weighted by Crippen LogP contribution is -2.12. The monoisotopic (exact) mass is 344 g/mol. The number of alkyl halides is 1. The molecule has 2 rings (SSSR count). The molecule has 1 aromatic carbocycles. The number of nitrogens with zero attached hydrogens (tertiary/aromatic N) is 1. The second-order valence-electron chi connectivity index (χ2n) is 4.56. The van der Waals surface area contributed by atoms with E-state index in [4.69, 9.17) is 11.6 Å². The van der Waals surface area contributed by atoms with Gasteiger partial charge in [0.2, 0.25) is 0 Å². The summed E-state index contributed by atoms with van der Waals surface area (Å²) in [7, 11) is -3.59. The van der Waals surface area contributed by atoms with E-state index in [0.717, 1.165) is 29.0 Å². The summed E-state index contributed by atoms with van der Waals surface area (Å²) in [4.78, 5) is 5.56. The number of thiazole rings is 1. The zero-order valence-corrected chi connectivity index (χ0v) is 14.3. The lowest BCUT2D eigenvalue weighted by Gasteiger charge is -2.06. The molecule has 0 fully saturated rings. The number of benzene rings is 1. The van der Waals surface area contributed by atoms with E-state index in [2.05, 4.69) is 9.71 Å². The Hall–Kier alpha value is -1.11. The number of nitrogens with one attached hydrogen (secondary N) is 1. The highest BCUT2D eigenvalue weighted by Crippen LogP contribution is 2.25. The molecule has 114 valence electrons. The molecule has 0 amide bonds. The van der Waals surface area contributed by atoms with Crippen LogP contribution in [0.5, 0.6) is 0 Å². The molecule has 0 aliphatic carbocycles. The van der Waals surface area contributed by atoms with Crippen molar-refractivity contribution in [2.45, 2.75) is 31.6 Å². The standard InChI is InChI=1S/C14H17ClN2O2S2/c1-3-13-10(2)20-14(16-13)17-21(18,19)12-6-4-11(5-7-12)8-9-15/h4-7H,3,8-9H2,1-2H3,(H,16,17). The SMILES string of the molecule is CCc1nc(NS(=O)(=O)c2ccc(CCCl)cc2)sc1C. The maximum atomic E-state index is 12.3. The van der Waals surface area contributed by atoms with Gasteiger partial charge in [0.1, 0.15) is 0 Å². The number of sulfonamides is 1. The second kappa shape index (κ2) is 6.77. The topological polar surface area (TPSA) is 59.1 Å². The first-order chi connectivity index (χ1) is 9.96. The Morgan fingerprint density at radius 3 is 2.48 bits per heavy atom. The van der Waals surface area contributed by atoms with Crippen LogP contribution in [-0.4, -0.2) is 19.3 Å². The molecule has 0 bridgehead atoms. The molecule has 0 aliphatic rings. The van der Waals surface area contributed by atoms with Gasteiger partial charge in [0, 0.05) is 10.8 Å². The number of aromatic nitrogens is 1. The molecular weight excluding hydrogens is 328 g/mol. The number of hydrogen-bond donors (Lipinski definition) is 1. The minimum atomic E-state index is -3.59. The summed E-state index contributed by atoms with van der Waals surface area (Å²) in [5.74, 6) is 0.516. The van der Waals surface area contributed by atoms with Gasteiger partial charge in [-0.3, -0.25) is 4.72 Å². The second-order valence-corrected chi connectivity index (χ2v) is 7.83. The fourth-order valence-electron chi connectivity index (χ4n) is 1.92. The number of aryl methyl sites for hydroxylation is 3. The summed E-state index contributed by atoms with van der Waals surface area (Å²) < 4.78 is 27.2. The summed E-state index contributed by atoms with van der Waals surface area (Å²) in [6.07, 6.45) is 1.51. The Labute approximate surface area is 134 Å². The van der Waals surface area contributed by atoms with Crippen molar-refractivity contribution in [3.05, 3.63) is 40.4 Å². The van der Waals surface area contributed by atoms with Crippen molar-refractivity contribution in [3.8, 4) is 0 Å². The molecule has 1 heterocycles. The van der Waals surface area contributed by atoms with Crippen LogP contribution in [0.3, 0.4) is 0 Å². The Kier molecular flexibility index (Phi) is 5.24. The summed E-state index contributed by atoms with van der Waals surface area (Å²) in [6, 6.07) is 6.74. The number of anilines is 1. The lowest BCUT2D eigenvalue weighted by atomic mass is 10.2. The molecule has 0 saturated heterocycles. The van der Waals surface area contributed by atoms with Gasteiger partial charge in [-0.2, -0.15) is 0 Å². The largest absolute Gasteiger partial charge is 0.263 e. The maximum Gasteiger partial charge on any atom is 0.263 e. The van der Waals surface area contributed by atoms with Crippen molar-refractivity contribution < 1.29 is 8.42 Å². The Balaban J connectivity index is 2.20. The van der Waals surface area contributed by atoms with Crippen molar-refractivity contribution in [2.75, 3.05) is 10.6 Å². The van der Waals surface area contributed by atoms with Gasteiger partial charge >= 0.3 is 0 Å². The minimum Gasteiger partial charge on any atom is -0.255 e. The highest BCUT2D eigenvalue weighted by molar-refractivity contribution is 7.93. The van der Waals surface area contributed by atoms with Gasteiger partial charge in [-0.15, -0.1) is 22.9 Å². The van der Waals surface area contributed by atoms with E-state index in [1.54, 1.807) is 24.3 Å². The fourth-order valence-corrected chi connectivity index (χ4v) is 4.27. The third-order valence-electron chi connectivity index (χ3n) is 3.07. The molecule has 1 N–H and O–H groups in total. The van der Waals surface area contributed by atoms with E-state index in [0.29, 0.717) is 11.0 Å². The smallest absolute Gasteiger partial charge is 0.255 e. The Morgan fingerprint density at radius 1 is 1.29 bits per heavy atom. The number of rotatable bonds is 6. The van der Waals surface area contributed by atoms with E-state index in [-0.39, 0.29) is 4.90 Å². The van der Waals surface area contributed by atoms with Crippen molar-refractivity contribution in [1.29, 1.82) is 0 Å². The van der Waals surface area contributed by atoms with Gasteiger partial charge < -0.3 is 0 Å². The molecular formula is C14H17ClN2O2S2. The zero-order chi connectivity index (χ0) is 15.5. The Morgan fingerprint density at radius 2 is 1.95 bits per heavy atom. The summed E-state index contributed by atoms with van der Waals surface area (Å²) in [5.41, 5.74) is 1.94. The predicted molar refractivity (Wildman–Crippen MR) is 87.9 cm³/mol. The van der Waals surface area contributed by atoms with Crippen molar-refractivity contribution in [1.82, 2.24) is 4.98 Å². The highest BCUT2D eigenvalue weighted by Gasteiger charge is 2.17. The summed E-state index contributed by atoms with van der Waals surface area (Å²) in [5, 5.41) is 0.411. The number of hydrogen-bond acceptors (Lipinski definition) is 4. The van der Waals surface area contributed by atoms with Crippen LogP contribution < -0.4 is 4.72 Å². The normalized spacial score (nSPS) is 11.6. The number of halogens is 1. The van der Waals surface area contributed by atoms with Crippen LogP contribution in [0.15, 0.2) is 29.2 Å². The first-order valence-corrected chi connectivity index (χ1v) is 9.43. The van der Waals surface area contributed by atoms with Gasteiger partial charge in [-0.25, -0.2) is 13.4 Å². The predicted octanol–water partition coefficient (Wildman–Crippen LogP) is 3.60. The van der Waals surface area contributed by atoms with Crippen LogP contribution in [0, 0.1) is 6.92 Å². The quantitative estimate of drug-likeness (QED) is 0.814. The van der Waals surface area contributed by atoms with Crippen molar-refractivity contribution in [2.24, 2.45) is 0 Å². The van der Waals surface area contributed by atoms with Crippen LogP contribution in [-0.2, 0) is 22.9 Å². The molecule has 0 radical (unpaired) electrons. The lowest BCUT2D eigenvalue weighted by molar-refractivity contribution is 0.601. The van der Waals surface area contributed by atoms with Crippen LogP contribution in [0.1, 0.15) is 23.1 Å². The van der Waals surface area contributed by atoms with Crippen LogP contribution >= 0.6 is 22.9 Å². The third-order valence-corrected chi connectivity index (χ3v) is 5.67. The molecule has 0 aliphatic heterocycles. The van der Waals surface area contributed by atoms with Crippen LogP contribution in [0.25, 0.3) is 0 Å². The molecule has 0 saturated carbocycles. The molecule has 7 heteroatoms. The summed E-state index contributed by atoms with van der Waals surface area (Å²) in [6.45, 7) is 3.94. The molecule has 2 aromatic rings. The molecule has 0 spiro atoms. The van der Waals surface area contributed by atoms with E-state index >= 15 is 0 Å². The van der Waals surface area contributed by atoms with Gasteiger partial charge in [0.05, 0.1) is 10.6 Å². The first-order valence-electron chi connectivity index (χ1n) is 6.60. The van der Waals surface area contributed by atoms with E-state index < -0.39 is 10.0 Å². The molecule has 1 aromatic heterocycles. The molecule has 0 unspecified atom stereocenters. The molecule has 4 nitrogen and oxygen atoms in total. The molecule has 21 heavy (non-hydrogen) atoms. The first kappa shape index (κ1) is 16.3. The average molecular weight is 345 g/mol. The summed E-state index contributed by atoms with van der Waals surface area (Å²) >= 11 is 7.02. The fraction of sp³-hybridized carbons (Fsp3) is 0.357. The Bertz CT molecular complexity index is 709. The highest BCUT2D eigenvalue weighted by atomic mass is 35.5. The van der Waals surface area contributed by atoms with Gasteiger partial charge in [0.25, 0.3) is 10.0 Å². The van der Waals surface area contributed by atoms with Crippen molar-refractivity contribution >= 4 is 38.1 Å². The van der Waals surface area contributed by atoms with E-state index in [1.165, 1.54) is 11.3 Å². The zero-order valence-electron chi connectivity index (χ0n) is 11.9. The van der Waals surface area contributed by atoms with Gasteiger partial charge in [-0.05, 0) is 37.5 Å².